The predicted octanol–water partition coefficient (Wildman–Crippen LogP) is -0.262. The number of nitrogens with two attached hydrogens (primary N) is 2. The highest BCUT2D eigenvalue weighted by atomic mass is 16.4. The number of aliphatic imine (C=N–C) groups is 1. The van der Waals surface area contributed by atoms with Crippen LogP contribution >= 0.6 is 0 Å². The van der Waals surface area contributed by atoms with E-state index >= 15 is 0 Å². The predicted molar refractivity (Wildman–Crippen MR) is 107 cm³/mol. The lowest BCUT2D eigenvalue weighted by Gasteiger charge is -2.10. The van der Waals surface area contributed by atoms with Crippen LogP contribution in [-0.2, 0) is 11.8 Å². The number of amidine groups is 2. The van der Waals surface area contributed by atoms with Crippen LogP contribution < -0.4 is 16.8 Å². The molecule has 0 saturated carbocycles. The van der Waals surface area contributed by atoms with E-state index in [1.165, 1.54) is 29.9 Å². The molecular weight excluding hydrogens is 378 g/mol. The summed E-state index contributed by atoms with van der Waals surface area (Å²) in [5, 5.41) is 31.9. The van der Waals surface area contributed by atoms with E-state index in [1.54, 1.807) is 7.05 Å². The molecular formula is C17H21N9O3. The van der Waals surface area contributed by atoms with Crippen LogP contribution in [-0.4, -0.2) is 55.7 Å². The molecule has 8 N–H and O–H groups in total. The number of rotatable bonds is 8. The Morgan fingerprint density at radius 1 is 1.38 bits per heavy atom. The molecule has 0 atom stereocenters. The van der Waals surface area contributed by atoms with Gasteiger partial charge in [-0.05, 0) is 19.1 Å². The highest BCUT2D eigenvalue weighted by Crippen LogP contribution is 2.18. The number of carbonyl (C=O) groups excluding carboxylic acids is 1. The average molecular weight is 399 g/mol. The number of nitrogens with one attached hydrogen (secondary N) is 3. The number of carboxylic acid groups (broad SMARTS) is 1. The van der Waals surface area contributed by atoms with E-state index in [9.17, 15) is 9.59 Å². The summed E-state index contributed by atoms with van der Waals surface area (Å²) in [6.45, 7) is 1.53. The molecule has 0 unspecified atom stereocenters. The van der Waals surface area contributed by atoms with Crippen molar-refractivity contribution in [3.05, 3.63) is 35.4 Å². The topological polar surface area (TPSA) is 209 Å². The average Bonchev–Trinajstić information content (AvgIpc) is 3.00. The van der Waals surface area contributed by atoms with Crippen molar-refractivity contribution in [2.75, 3.05) is 6.54 Å². The zero-order valence-corrected chi connectivity index (χ0v) is 15.9. The summed E-state index contributed by atoms with van der Waals surface area (Å²) in [5.74, 6) is -2.26. The molecule has 12 nitrogen and oxygen atoms in total. The molecule has 0 aliphatic heterocycles. The van der Waals surface area contributed by atoms with Gasteiger partial charge in [-0.25, -0.2) is 9.98 Å². The molecule has 2 heterocycles. The summed E-state index contributed by atoms with van der Waals surface area (Å²) < 4.78 is 1.52. The maximum atomic E-state index is 11.6. The van der Waals surface area contributed by atoms with Crippen LogP contribution in [0.3, 0.4) is 0 Å². The number of amides is 1. The zero-order valence-electron chi connectivity index (χ0n) is 15.9. The molecule has 0 aromatic carbocycles. The number of fused-ring (bicyclic) bond motifs is 1. The minimum absolute atomic E-state index is 0.0357. The van der Waals surface area contributed by atoms with E-state index < -0.39 is 11.9 Å². The zero-order chi connectivity index (χ0) is 21.7. The number of hydrogen-bond donors (Lipinski definition) is 6. The Hall–Kier alpha value is -4.09. The van der Waals surface area contributed by atoms with Gasteiger partial charge in [-0.15, -0.1) is 0 Å². The van der Waals surface area contributed by atoms with Gasteiger partial charge in [0.2, 0.25) is 0 Å². The van der Waals surface area contributed by atoms with Crippen molar-refractivity contribution in [3.8, 4) is 0 Å². The van der Waals surface area contributed by atoms with Crippen molar-refractivity contribution < 1.29 is 14.7 Å². The monoisotopic (exact) mass is 399 g/mol. The Bertz CT molecular complexity index is 1070. The van der Waals surface area contributed by atoms with Gasteiger partial charge in [-0.2, -0.15) is 5.10 Å². The summed E-state index contributed by atoms with van der Waals surface area (Å²) in [6.07, 6.45) is 2.64. The number of aliphatic carboxylic acids is 1. The first-order valence-electron chi connectivity index (χ1n) is 8.38. The third-order valence-corrected chi connectivity index (χ3v) is 3.74. The second-order valence-corrected chi connectivity index (χ2v) is 6.08. The Kier molecular flexibility index (Phi) is 6.39. The van der Waals surface area contributed by atoms with E-state index in [0.29, 0.717) is 10.9 Å². The van der Waals surface area contributed by atoms with E-state index in [4.69, 9.17) is 27.4 Å². The first-order chi connectivity index (χ1) is 13.6. The van der Waals surface area contributed by atoms with E-state index in [1.807, 2.05) is 0 Å². The summed E-state index contributed by atoms with van der Waals surface area (Å²) in [5.41, 5.74) is 12.3. The molecule has 0 bridgehead atoms. The molecule has 12 heteroatoms. The van der Waals surface area contributed by atoms with Gasteiger partial charge in [0.1, 0.15) is 11.4 Å². The highest BCUT2D eigenvalue weighted by Gasteiger charge is 2.16. The van der Waals surface area contributed by atoms with Gasteiger partial charge in [0.15, 0.2) is 11.7 Å². The first-order valence-corrected chi connectivity index (χ1v) is 8.38. The Labute approximate surface area is 165 Å². The van der Waals surface area contributed by atoms with Crippen molar-refractivity contribution >= 4 is 40.2 Å². The number of aryl methyl sites for hydroxylation is 1. The van der Waals surface area contributed by atoms with Crippen molar-refractivity contribution in [2.24, 2.45) is 23.5 Å². The van der Waals surface area contributed by atoms with Gasteiger partial charge < -0.3 is 27.3 Å². The number of nitrogens with zero attached hydrogens (tertiary/aromatic N) is 4. The molecule has 29 heavy (non-hydrogen) atoms. The molecule has 0 spiro atoms. The maximum absolute atomic E-state index is 11.6. The number of primary amides is 1. The molecule has 0 saturated heterocycles. The van der Waals surface area contributed by atoms with Gasteiger partial charge in [0, 0.05) is 24.7 Å². The molecule has 0 aliphatic carbocycles. The minimum atomic E-state index is -1.01. The van der Waals surface area contributed by atoms with Gasteiger partial charge in [-0.3, -0.25) is 19.7 Å². The van der Waals surface area contributed by atoms with Crippen molar-refractivity contribution in [2.45, 2.75) is 13.3 Å². The molecule has 1 amide bonds. The van der Waals surface area contributed by atoms with Crippen LogP contribution in [0.5, 0.6) is 0 Å². The third kappa shape index (κ3) is 5.22. The molecule has 2 aromatic rings. The lowest BCUT2D eigenvalue weighted by atomic mass is 10.2. The molecule has 0 fully saturated rings. The number of hydrogen-bond acceptors (Lipinski definition) is 7. The second-order valence-electron chi connectivity index (χ2n) is 6.08. The van der Waals surface area contributed by atoms with Crippen LogP contribution in [0.2, 0.25) is 0 Å². The summed E-state index contributed by atoms with van der Waals surface area (Å²) >= 11 is 0. The SMILES string of the molecule is CC(=N)/C=C(\NCCC(=O)O)C(=N)/N=C(\N)c1nc(C(N)=O)cc2c1cnn2C. The van der Waals surface area contributed by atoms with Crippen molar-refractivity contribution in [1.82, 2.24) is 20.1 Å². The third-order valence-electron chi connectivity index (χ3n) is 3.74. The van der Waals surface area contributed by atoms with Crippen LogP contribution in [0.4, 0.5) is 0 Å². The summed E-state index contributed by atoms with van der Waals surface area (Å²) in [6, 6.07) is 1.48. The fraction of sp³-hybridized carbons (Fsp3) is 0.235. The van der Waals surface area contributed by atoms with Crippen LogP contribution in [0, 0.1) is 10.8 Å². The van der Waals surface area contributed by atoms with E-state index in [0.717, 1.165) is 0 Å². The van der Waals surface area contributed by atoms with Gasteiger partial charge in [0.05, 0.1) is 23.8 Å². The number of carboxylic acids is 1. The van der Waals surface area contributed by atoms with Gasteiger partial charge >= 0.3 is 5.97 Å². The number of pyridine rings is 1. The molecule has 152 valence electrons. The van der Waals surface area contributed by atoms with E-state index in [-0.39, 0.29) is 47.4 Å². The standard InChI is InChI=1S/C17H21N9O3/c1-8(18)5-10(22-4-3-13(27)28)15(19)25-16(20)14-9-7-23-26(2)12(9)6-11(24-14)17(21)29/h5-7,18,22H,3-4H2,1-2H3,(H2,21,29)(H,27,28)(H3,19,20,25)/b10-5-,18-8?. The molecule has 2 rings (SSSR count). The first kappa shape index (κ1) is 21.2. The molecule has 0 radical (unpaired) electrons. The number of allylic oxidation sites excluding steroid dienone is 1. The van der Waals surface area contributed by atoms with Gasteiger partial charge in [-0.1, -0.05) is 0 Å². The Balaban J connectivity index is 2.44. The smallest absolute Gasteiger partial charge is 0.305 e. The molecule has 2 aromatic heterocycles. The van der Waals surface area contributed by atoms with Crippen LogP contribution in [0.1, 0.15) is 29.5 Å². The lowest BCUT2D eigenvalue weighted by molar-refractivity contribution is -0.136. The van der Waals surface area contributed by atoms with Gasteiger partial charge in [0.25, 0.3) is 5.91 Å². The normalized spacial score (nSPS) is 12.1. The van der Waals surface area contributed by atoms with Crippen molar-refractivity contribution in [3.63, 3.8) is 0 Å². The number of carbonyl (C=O) groups is 2. The maximum Gasteiger partial charge on any atom is 0.305 e. The minimum Gasteiger partial charge on any atom is -0.481 e. The second kappa shape index (κ2) is 8.73. The fourth-order valence-corrected chi connectivity index (χ4v) is 2.42. The Morgan fingerprint density at radius 3 is 2.66 bits per heavy atom. The summed E-state index contributed by atoms with van der Waals surface area (Å²) in [4.78, 5) is 30.4. The van der Waals surface area contributed by atoms with Crippen LogP contribution in [0.25, 0.3) is 10.9 Å². The fourth-order valence-electron chi connectivity index (χ4n) is 2.42. The molecule has 0 aliphatic rings. The lowest BCUT2D eigenvalue weighted by Crippen LogP contribution is -2.26. The quantitative estimate of drug-likeness (QED) is 0.258. The van der Waals surface area contributed by atoms with Crippen molar-refractivity contribution in [1.29, 1.82) is 10.8 Å². The largest absolute Gasteiger partial charge is 0.481 e. The highest BCUT2D eigenvalue weighted by molar-refractivity contribution is 6.15. The Morgan fingerprint density at radius 2 is 2.07 bits per heavy atom. The number of aromatic nitrogens is 3. The summed E-state index contributed by atoms with van der Waals surface area (Å²) in [7, 11) is 1.67. The van der Waals surface area contributed by atoms with E-state index in [2.05, 4.69) is 20.4 Å². The van der Waals surface area contributed by atoms with Crippen LogP contribution in [0.15, 0.2) is 29.0 Å².